The quantitative estimate of drug-likeness (QED) is 0.732. The summed E-state index contributed by atoms with van der Waals surface area (Å²) in [7, 11) is 0. The second-order valence-corrected chi connectivity index (χ2v) is 3.83. The Morgan fingerprint density at radius 2 is 2.16 bits per heavy atom. The number of rotatable bonds is 3. The van der Waals surface area contributed by atoms with Crippen molar-refractivity contribution in [1.82, 2.24) is 20.2 Å². The van der Waals surface area contributed by atoms with Gasteiger partial charge >= 0.3 is 0 Å². The molecule has 0 saturated carbocycles. The molecule has 0 fully saturated rings. The van der Waals surface area contributed by atoms with Crippen LogP contribution in [-0.4, -0.2) is 26.1 Å². The zero-order valence-electron chi connectivity index (χ0n) is 9.70. The standard InChI is InChI=1S/C12H9N5O2/c13-12(18)10-4-11(15-6-14-10)19-8-2-1-7-5-16-17-9(7)3-8/h1-6H,(H2,13,18)(H,16,17). The molecule has 19 heavy (non-hydrogen) atoms. The van der Waals surface area contributed by atoms with Crippen LogP contribution in [0, 0.1) is 0 Å². The lowest BCUT2D eigenvalue weighted by molar-refractivity contribution is 0.0995. The van der Waals surface area contributed by atoms with Gasteiger partial charge in [-0.05, 0) is 12.1 Å². The highest BCUT2D eigenvalue weighted by Crippen LogP contribution is 2.23. The number of aromatic nitrogens is 4. The van der Waals surface area contributed by atoms with Gasteiger partial charge in [0.05, 0.1) is 11.7 Å². The van der Waals surface area contributed by atoms with Crippen molar-refractivity contribution in [2.45, 2.75) is 0 Å². The Bertz CT molecular complexity index is 752. The first-order valence-corrected chi connectivity index (χ1v) is 5.45. The van der Waals surface area contributed by atoms with Crippen LogP contribution < -0.4 is 10.5 Å². The fraction of sp³-hybridized carbons (Fsp3) is 0. The number of nitrogens with zero attached hydrogens (tertiary/aromatic N) is 3. The number of fused-ring (bicyclic) bond motifs is 1. The summed E-state index contributed by atoms with van der Waals surface area (Å²) < 4.78 is 5.54. The van der Waals surface area contributed by atoms with Gasteiger partial charge in [-0.15, -0.1) is 0 Å². The molecule has 0 aliphatic carbocycles. The van der Waals surface area contributed by atoms with E-state index >= 15 is 0 Å². The van der Waals surface area contributed by atoms with E-state index < -0.39 is 5.91 Å². The molecule has 94 valence electrons. The van der Waals surface area contributed by atoms with Gasteiger partial charge < -0.3 is 10.5 Å². The van der Waals surface area contributed by atoms with Gasteiger partial charge in [0.2, 0.25) is 5.88 Å². The van der Waals surface area contributed by atoms with Gasteiger partial charge in [0.1, 0.15) is 17.8 Å². The van der Waals surface area contributed by atoms with E-state index in [0.717, 1.165) is 10.9 Å². The van der Waals surface area contributed by atoms with Crippen molar-refractivity contribution in [3.63, 3.8) is 0 Å². The molecule has 0 bridgehead atoms. The minimum absolute atomic E-state index is 0.104. The highest BCUT2D eigenvalue weighted by atomic mass is 16.5. The number of amides is 1. The third kappa shape index (κ3) is 2.21. The van der Waals surface area contributed by atoms with Crippen LogP contribution >= 0.6 is 0 Å². The highest BCUT2D eigenvalue weighted by Gasteiger charge is 2.06. The normalized spacial score (nSPS) is 10.5. The molecule has 3 rings (SSSR count). The first kappa shape index (κ1) is 11.1. The van der Waals surface area contributed by atoms with Crippen molar-refractivity contribution in [1.29, 1.82) is 0 Å². The Morgan fingerprint density at radius 3 is 3.00 bits per heavy atom. The number of hydrogen-bond acceptors (Lipinski definition) is 5. The molecule has 0 atom stereocenters. The van der Waals surface area contributed by atoms with Crippen molar-refractivity contribution in [2.75, 3.05) is 0 Å². The van der Waals surface area contributed by atoms with E-state index in [9.17, 15) is 4.79 Å². The Hall–Kier alpha value is -2.96. The topological polar surface area (TPSA) is 107 Å². The van der Waals surface area contributed by atoms with Crippen LogP contribution in [0.15, 0.2) is 36.8 Å². The predicted molar refractivity (Wildman–Crippen MR) is 66.7 cm³/mol. The molecule has 3 aromatic rings. The molecule has 0 spiro atoms. The average Bonchev–Trinajstić information content (AvgIpc) is 2.86. The molecule has 2 aromatic heterocycles. The number of primary amides is 1. The van der Waals surface area contributed by atoms with E-state index in [1.54, 1.807) is 18.3 Å². The minimum atomic E-state index is -0.628. The molecule has 0 aliphatic rings. The smallest absolute Gasteiger partial charge is 0.267 e. The molecule has 3 N–H and O–H groups in total. The maximum atomic E-state index is 11.0. The summed E-state index contributed by atoms with van der Waals surface area (Å²) in [6.45, 7) is 0. The van der Waals surface area contributed by atoms with Gasteiger partial charge in [0, 0.05) is 17.5 Å². The summed E-state index contributed by atoms with van der Waals surface area (Å²) in [4.78, 5) is 18.7. The lowest BCUT2D eigenvalue weighted by Crippen LogP contribution is -2.13. The molecule has 1 aromatic carbocycles. The molecule has 2 heterocycles. The Morgan fingerprint density at radius 1 is 1.26 bits per heavy atom. The maximum absolute atomic E-state index is 11.0. The number of nitrogens with one attached hydrogen (secondary N) is 1. The maximum Gasteiger partial charge on any atom is 0.267 e. The molecular weight excluding hydrogens is 246 g/mol. The molecule has 0 unspecified atom stereocenters. The first-order chi connectivity index (χ1) is 9.22. The number of benzene rings is 1. The van der Waals surface area contributed by atoms with Gasteiger partial charge in [0.25, 0.3) is 5.91 Å². The van der Waals surface area contributed by atoms with Gasteiger partial charge in [-0.3, -0.25) is 9.89 Å². The largest absolute Gasteiger partial charge is 0.439 e. The lowest BCUT2D eigenvalue weighted by atomic mass is 10.2. The second-order valence-electron chi connectivity index (χ2n) is 3.83. The minimum Gasteiger partial charge on any atom is -0.439 e. The van der Waals surface area contributed by atoms with Crippen LogP contribution in [-0.2, 0) is 0 Å². The van der Waals surface area contributed by atoms with Crippen LogP contribution in [0.4, 0.5) is 0 Å². The van der Waals surface area contributed by atoms with Crippen LogP contribution in [0.2, 0.25) is 0 Å². The third-order valence-electron chi connectivity index (χ3n) is 2.53. The zero-order chi connectivity index (χ0) is 13.2. The molecular formula is C12H9N5O2. The molecule has 0 aliphatic heterocycles. The fourth-order valence-electron chi connectivity index (χ4n) is 1.63. The van der Waals surface area contributed by atoms with Crippen LogP contribution in [0.5, 0.6) is 11.6 Å². The second kappa shape index (κ2) is 4.37. The van der Waals surface area contributed by atoms with E-state index in [4.69, 9.17) is 10.5 Å². The van der Waals surface area contributed by atoms with Gasteiger partial charge in [0.15, 0.2) is 0 Å². The van der Waals surface area contributed by atoms with Crippen molar-refractivity contribution < 1.29 is 9.53 Å². The number of aromatic amines is 1. The van der Waals surface area contributed by atoms with E-state index in [-0.39, 0.29) is 11.6 Å². The van der Waals surface area contributed by atoms with E-state index in [1.165, 1.54) is 12.4 Å². The van der Waals surface area contributed by atoms with Gasteiger partial charge in [-0.2, -0.15) is 5.10 Å². The highest BCUT2D eigenvalue weighted by molar-refractivity contribution is 5.90. The number of nitrogens with two attached hydrogens (primary N) is 1. The summed E-state index contributed by atoms with van der Waals surface area (Å²) in [5.41, 5.74) is 6.09. The molecule has 0 radical (unpaired) electrons. The van der Waals surface area contributed by atoms with E-state index in [2.05, 4.69) is 20.2 Å². The van der Waals surface area contributed by atoms with Crippen LogP contribution in [0.3, 0.4) is 0 Å². The summed E-state index contributed by atoms with van der Waals surface area (Å²) in [6, 6.07) is 6.82. The monoisotopic (exact) mass is 255 g/mol. The Labute approximate surface area is 107 Å². The number of carbonyl (C=O) groups is 1. The third-order valence-corrected chi connectivity index (χ3v) is 2.53. The number of carbonyl (C=O) groups excluding carboxylic acids is 1. The molecule has 7 heteroatoms. The summed E-state index contributed by atoms with van der Waals surface area (Å²) >= 11 is 0. The molecule has 7 nitrogen and oxygen atoms in total. The lowest BCUT2D eigenvalue weighted by Gasteiger charge is -2.04. The van der Waals surface area contributed by atoms with Crippen molar-refractivity contribution >= 4 is 16.8 Å². The van der Waals surface area contributed by atoms with Crippen LogP contribution in [0.25, 0.3) is 10.9 Å². The van der Waals surface area contributed by atoms with Crippen molar-refractivity contribution in [3.05, 3.63) is 42.5 Å². The van der Waals surface area contributed by atoms with E-state index in [1.807, 2.05) is 6.07 Å². The van der Waals surface area contributed by atoms with E-state index in [0.29, 0.717) is 5.75 Å². The number of hydrogen-bond donors (Lipinski definition) is 2. The molecule has 0 saturated heterocycles. The summed E-state index contributed by atoms with van der Waals surface area (Å²) in [5, 5.41) is 7.74. The average molecular weight is 255 g/mol. The van der Waals surface area contributed by atoms with Crippen LogP contribution in [0.1, 0.15) is 10.5 Å². The Kier molecular flexibility index (Phi) is 2.57. The number of ether oxygens (including phenoxy) is 1. The summed E-state index contributed by atoms with van der Waals surface area (Å²) in [5.74, 6) is 0.199. The first-order valence-electron chi connectivity index (χ1n) is 5.45. The molecule has 1 amide bonds. The predicted octanol–water partition coefficient (Wildman–Crippen LogP) is 1.24. The zero-order valence-corrected chi connectivity index (χ0v) is 9.70. The van der Waals surface area contributed by atoms with Gasteiger partial charge in [-0.1, -0.05) is 0 Å². The fourth-order valence-corrected chi connectivity index (χ4v) is 1.63. The van der Waals surface area contributed by atoms with Gasteiger partial charge in [-0.25, -0.2) is 9.97 Å². The Balaban J connectivity index is 1.91. The SMILES string of the molecule is NC(=O)c1cc(Oc2ccc3cn[nH]c3c2)ncn1. The van der Waals surface area contributed by atoms with Crippen molar-refractivity contribution in [3.8, 4) is 11.6 Å². The summed E-state index contributed by atoms with van der Waals surface area (Å²) in [6.07, 6.45) is 2.94. The number of H-pyrrole nitrogens is 1. The van der Waals surface area contributed by atoms with Crippen molar-refractivity contribution in [2.24, 2.45) is 5.73 Å².